The van der Waals surface area contributed by atoms with Crippen LogP contribution in [0, 0.1) is 19.8 Å². The lowest BCUT2D eigenvalue weighted by atomic mass is 10.0. The van der Waals surface area contributed by atoms with E-state index in [1.165, 1.54) is 25.7 Å². The van der Waals surface area contributed by atoms with Crippen molar-refractivity contribution in [2.75, 3.05) is 18.1 Å². The summed E-state index contributed by atoms with van der Waals surface area (Å²) >= 11 is 5.28. The molecule has 2 heterocycles. The highest BCUT2D eigenvalue weighted by atomic mass is 32.2. The Hall–Kier alpha value is -1.48. The van der Waals surface area contributed by atoms with E-state index in [-0.39, 0.29) is 17.5 Å². The van der Waals surface area contributed by atoms with Crippen molar-refractivity contribution in [3.05, 3.63) is 17.0 Å². The minimum Gasteiger partial charge on any atom is -0.361 e. The van der Waals surface area contributed by atoms with Crippen LogP contribution in [0.1, 0.15) is 68.9 Å². The maximum Gasteiger partial charge on any atom is 0.186 e. The number of hydrogen-bond donors (Lipinski definition) is 2. The summed E-state index contributed by atoms with van der Waals surface area (Å²) in [4.78, 5) is 0. The van der Waals surface area contributed by atoms with Crippen LogP contribution in [0.25, 0.3) is 0 Å². The Morgan fingerprint density at radius 1 is 1.43 bits per heavy atom. The molecule has 1 aromatic rings. The molecular weight excluding hydrogens is 394 g/mol. The zero-order valence-electron chi connectivity index (χ0n) is 17.4. The monoisotopic (exact) mass is 427 g/mol. The summed E-state index contributed by atoms with van der Waals surface area (Å²) in [5.41, 5.74) is 5.51. The van der Waals surface area contributed by atoms with Crippen LogP contribution in [-0.2, 0) is 9.84 Å². The SMILES string of the molecule is CCCCC[C@H](C)CNC(=S)N/N=C\c1c(C)nn([C@H]2CCS(=O)(=O)C2)c1C. The van der Waals surface area contributed by atoms with Crippen LogP contribution in [0.15, 0.2) is 5.10 Å². The number of aryl methyl sites for hydroxylation is 1. The van der Waals surface area contributed by atoms with E-state index in [1.807, 2.05) is 18.5 Å². The maximum atomic E-state index is 11.7. The summed E-state index contributed by atoms with van der Waals surface area (Å²) in [5, 5.41) is 12.5. The average molecular weight is 428 g/mol. The van der Waals surface area contributed by atoms with Crippen LogP contribution in [0.3, 0.4) is 0 Å². The Morgan fingerprint density at radius 2 is 2.18 bits per heavy atom. The van der Waals surface area contributed by atoms with E-state index in [0.29, 0.717) is 17.5 Å². The molecule has 0 aromatic carbocycles. The van der Waals surface area contributed by atoms with Gasteiger partial charge >= 0.3 is 0 Å². The number of nitrogens with one attached hydrogen (secondary N) is 2. The van der Waals surface area contributed by atoms with E-state index in [1.54, 1.807) is 6.21 Å². The van der Waals surface area contributed by atoms with Gasteiger partial charge in [-0.2, -0.15) is 10.2 Å². The van der Waals surface area contributed by atoms with Crippen LogP contribution in [0.4, 0.5) is 0 Å². The first-order chi connectivity index (χ1) is 13.2. The lowest BCUT2D eigenvalue weighted by Crippen LogP contribution is -2.35. The van der Waals surface area contributed by atoms with Crippen LogP contribution in [0.5, 0.6) is 0 Å². The van der Waals surface area contributed by atoms with E-state index in [9.17, 15) is 8.42 Å². The minimum absolute atomic E-state index is 0.0873. The van der Waals surface area contributed by atoms with Gasteiger partial charge in [0.1, 0.15) is 0 Å². The van der Waals surface area contributed by atoms with Gasteiger partial charge in [-0.1, -0.05) is 33.1 Å². The van der Waals surface area contributed by atoms with Gasteiger partial charge in [-0.05, 0) is 44.8 Å². The zero-order chi connectivity index (χ0) is 20.7. The fraction of sp³-hybridized carbons (Fsp3) is 0.737. The van der Waals surface area contributed by atoms with E-state index in [0.717, 1.165) is 23.5 Å². The number of sulfone groups is 1. The molecule has 2 rings (SSSR count). The number of hydrazone groups is 1. The predicted molar refractivity (Wildman–Crippen MR) is 119 cm³/mol. The van der Waals surface area contributed by atoms with Gasteiger partial charge in [-0.15, -0.1) is 0 Å². The van der Waals surface area contributed by atoms with Gasteiger partial charge in [0, 0.05) is 17.8 Å². The van der Waals surface area contributed by atoms with Crippen molar-refractivity contribution in [3.63, 3.8) is 0 Å². The standard InChI is InChI=1S/C19H33N5O2S2/c1-5-6-7-8-14(2)11-20-19(27)22-21-12-18-15(3)23-24(16(18)4)17-9-10-28(25,26)13-17/h12,14,17H,5-11,13H2,1-4H3,(H2,20,22,27)/b21-12-/t14-,17-/m0/s1. The zero-order valence-corrected chi connectivity index (χ0v) is 19.0. The first-order valence-electron chi connectivity index (χ1n) is 10.1. The first-order valence-corrected chi connectivity index (χ1v) is 12.3. The van der Waals surface area contributed by atoms with E-state index in [4.69, 9.17) is 12.2 Å². The third-order valence-electron chi connectivity index (χ3n) is 5.21. The molecule has 2 N–H and O–H groups in total. The highest BCUT2D eigenvalue weighted by Gasteiger charge is 2.31. The van der Waals surface area contributed by atoms with E-state index in [2.05, 4.69) is 34.8 Å². The molecular formula is C19H33N5O2S2. The van der Waals surface area contributed by atoms with Gasteiger partial charge < -0.3 is 5.32 Å². The molecule has 1 aromatic heterocycles. The average Bonchev–Trinajstić information content (AvgIpc) is 3.13. The maximum absolute atomic E-state index is 11.7. The molecule has 1 saturated heterocycles. The van der Waals surface area contributed by atoms with Gasteiger partial charge in [-0.3, -0.25) is 10.1 Å². The molecule has 7 nitrogen and oxygen atoms in total. The molecule has 2 atom stereocenters. The lowest BCUT2D eigenvalue weighted by Gasteiger charge is -2.13. The third kappa shape index (κ3) is 6.55. The smallest absolute Gasteiger partial charge is 0.186 e. The number of aromatic nitrogens is 2. The lowest BCUT2D eigenvalue weighted by molar-refractivity contribution is 0.486. The molecule has 0 aliphatic carbocycles. The Kier molecular flexibility index (Phi) is 8.42. The van der Waals surface area contributed by atoms with Crippen molar-refractivity contribution >= 4 is 33.4 Å². The highest BCUT2D eigenvalue weighted by Crippen LogP contribution is 2.26. The molecule has 0 saturated carbocycles. The summed E-state index contributed by atoms with van der Waals surface area (Å²) in [6.45, 7) is 9.11. The first kappa shape index (κ1) is 22.8. The Balaban J connectivity index is 1.86. The van der Waals surface area contributed by atoms with Crippen molar-refractivity contribution < 1.29 is 8.42 Å². The summed E-state index contributed by atoms with van der Waals surface area (Å²) in [7, 11) is -2.95. The summed E-state index contributed by atoms with van der Waals surface area (Å²) in [6.07, 6.45) is 7.28. The fourth-order valence-electron chi connectivity index (χ4n) is 3.49. The van der Waals surface area contributed by atoms with Gasteiger partial charge in [0.15, 0.2) is 14.9 Å². The minimum atomic E-state index is -2.95. The van der Waals surface area contributed by atoms with Crippen molar-refractivity contribution in [2.45, 2.75) is 65.8 Å². The highest BCUT2D eigenvalue weighted by molar-refractivity contribution is 7.91. The number of unbranched alkanes of at least 4 members (excludes halogenated alkanes) is 2. The van der Waals surface area contributed by atoms with E-state index >= 15 is 0 Å². The second kappa shape index (κ2) is 10.3. The van der Waals surface area contributed by atoms with Crippen molar-refractivity contribution in [1.29, 1.82) is 0 Å². The van der Waals surface area contributed by atoms with Crippen molar-refractivity contribution in [1.82, 2.24) is 20.5 Å². The Bertz CT molecular complexity index is 801. The quantitative estimate of drug-likeness (QED) is 0.273. The summed E-state index contributed by atoms with van der Waals surface area (Å²) in [5.74, 6) is 0.965. The second-order valence-corrected chi connectivity index (χ2v) is 10.4. The van der Waals surface area contributed by atoms with Crippen LogP contribution < -0.4 is 10.7 Å². The molecule has 0 unspecified atom stereocenters. The van der Waals surface area contributed by atoms with Crippen molar-refractivity contribution in [2.24, 2.45) is 11.0 Å². The van der Waals surface area contributed by atoms with Gasteiger partial charge in [0.2, 0.25) is 0 Å². The van der Waals surface area contributed by atoms with Gasteiger partial charge in [0.25, 0.3) is 0 Å². The number of nitrogens with zero attached hydrogens (tertiary/aromatic N) is 3. The molecule has 0 radical (unpaired) electrons. The normalized spacial score (nSPS) is 19.8. The van der Waals surface area contributed by atoms with Crippen LogP contribution in [-0.4, -0.2) is 47.6 Å². The molecule has 9 heteroatoms. The van der Waals surface area contributed by atoms with Gasteiger partial charge in [-0.25, -0.2) is 8.42 Å². The van der Waals surface area contributed by atoms with E-state index < -0.39 is 9.84 Å². The third-order valence-corrected chi connectivity index (χ3v) is 7.19. The number of rotatable bonds is 9. The molecule has 1 aliphatic rings. The number of thiocarbonyl (C=S) groups is 1. The molecule has 1 aliphatic heterocycles. The Morgan fingerprint density at radius 3 is 2.82 bits per heavy atom. The predicted octanol–water partition coefficient (Wildman–Crippen LogP) is 2.87. The summed E-state index contributed by atoms with van der Waals surface area (Å²) < 4.78 is 25.3. The molecule has 0 spiro atoms. The largest absolute Gasteiger partial charge is 0.361 e. The molecule has 0 bridgehead atoms. The topological polar surface area (TPSA) is 88.4 Å². The second-order valence-electron chi connectivity index (χ2n) is 7.77. The van der Waals surface area contributed by atoms with Crippen LogP contribution in [0.2, 0.25) is 0 Å². The Labute approximate surface area is 174 Å². The molecule has 28 heavy (non-hydrogen) atoms. The summed E-state index contributed by atoms with van der Waals surface area (Å²) in [6, 6.07) is -0.0873. The van der Waals surface area contributed by atoms with Gasteiger partial charge in [0.05, 0.1) is 29.5 Å². The van der Waals surface area contributed by atoms with Crippen molar-refractivity contribution in [3.8, 4) is 0 Å². The molecule has 0 amide bonds. The van der Waals surface area contributed by atoms with Crippen LogP contribution >= 0.6 is 12.2 Å². The molecule has 158 valence electrons. The fourth-order valence-corrected chi connectivity index (χ4v) is 5.32. The molecule has 1 fully saturated rings. The number of hydrogen-bond acceptors (Lipinski definition) is 5.